The molecule has 0 rings (SSSR count). The van der Waals surface area contributed by atoms with Crippen molar-refractivity contribution in [2.45, 2.75) is 12.5 Å². The van der Waals surface area contributed by atoms with E-state index in [1.54, 1.807) is 0 Å². The molecule has 0 saturated carbocycles. The summed E-state index contributed by atoms with van der Waals surface area (Å²) in [5.41, 5.74) is 0. The molecule has 0 aromatic carbocycles. The van der Waals surface area contributed by atoms with Crippen molar-refractivity contribution in [1.29, 1.82) is 0 Å². The standard InChI is InChI=1S/C5H8O5/c6-2-3(7)1-4(8)5(9)10/h3,6-7H,1-2H2,(H,9,10)/p-1/t3-/m0/s1. The molecule has 5 nitrogen and oxygen atoms in total. The Hall–Kier alpha value is -0.940. The monoisotopic (exact) mass is 147 g/mol. The molecule has 0 aliphatic heterocycles. The van der Waals surface area contributed by atoms with E-state index < -0.39 is 30.9 Å². The van der Waals surface area contributed by atoms with Crippen LogP contribution in [0.5, 0.6) is 0 Å². The highest BCUT2D eigenvalue weighted by Gasteiger charge is 2.09. The number of carboxylic acid groups (broad SMARTS) is 1. The molecule has 0 bridgehead atoms. The summed E-state index contributed by atoms with van der Waals surface area (Å²) in [7, 11) is 0. The molecule has 0 heterocycles. The minimum absolute atomic E-state index is 0.598. The number of aliphatic hydroxyl groups is 2. The summed E-state index contributed by atoms with van der Waals surface area (Å²) in [6, 6.07) is 0. The SMILES string of the molecule is O=C([O-])C(=O)C[C@H](O)CO. The van der Waals surface area contributed by atoms with Gasteiger partial charge in [-0.05, 0) is 0 Å². The molecule has 5 heteroatoms. The molecule has 0 saturated heterocycles. The minimum Gasteiger partial charge on any atom is -0.542 e. The van der Waals surface area contributed by atoms with Crippen LogP contribution in [-0.4, -0.2) is 34.7 Å². The Balaban J connectivity index is 3.68. The molecule has 58 valence electrons. The van der Waals surface area contributed by atoms with E-state index in [9.17, 15) is 14.7 Å². The van der Waals surface area contributed by atoms with Crippen molar-refractivity contribution >= 4 is 11.8 Å². The number of Topliss-reactive ketones (excluding diaryl/α,β-unsaturated/α-hetero) is 1. The number of hydrogen-bond acceptors (Lipinski definition) is 5. The summed E-state index contributed by atoms with van der Waals surface area (Å²) in [4.78, 5) is 19.9. The van der Waals surface area contributed by atoms with E-state index >= 15 is 0 Å². The molecular formula is C5H7O5-. The Labute approximate surface area is 56.9 Å². The van der Waals surface area contributed by atoms with Gasteiger partial charge in [0.1, 0.15) is 5.97 Å². The highest BCUT2D eigenvalue weighted by Crippen LogP contribution is 1.89. The highest BCUT2D eigenvalue weighted by molar-refractivity contribution is 6.31. The Morgan fingerprint density at radius 3 is 2.30 bits per heavy atom. The number of aliphatic carboxylic acids is 1. The van der Waals surface area contributed by atoms with Crippen molar-refractivity contribution in [2.24, 2.45) is 0 Å². The second-order valence-electron chi connectivity index (χ2n) is 1.75. The fourth-order valence-corrected chi connectivity index (χ4v) is 0.362. The van der Waals surface area contributed by atoms with Gasteiger partial charge in [0.25, 0.3) is 0 Å². The zero-order valence-electron chi connectivity index (χ0n) is 5.11. The molecule has 0 spiro atoms. The maximum atomic E-state index is 10.2. The van der Waals surface area contributed by atoms with Gasteiger partial charge in [-0.25, -0.2) is 0 Å². The zero-order valence-corrected chi connectivity index (χ0v) is 5.11. The normalized spacial score (nSPS) is 12.6. The average molecular weight is 147 g/mol. The van der Waals surface area contributed by atoms with E-state index in [1.165, 1.54) is 0 Å². The summed E-state index contributed by atoms with van der Waals surface area (Å²) in [5.74, 6) is -3.05. The molecule has 0 amide bonds. The number of ketones is 1. The second kappa shape index (κ2) is 3.97. The van der Waals surface area contributed by atoms with Gasteiger partial charge in [0.05, 0.1) is 12.7 Å². The maximum Gasteiger partial charge on any atom is 0.180 e. The Morgan fingerprint density at radius 2 is 2.00 bits per heavy atom. The molecule has 0 aliphatic carbocycles. The summed E-state index contributed by atoms with van der Waals surface area (Å²) < 4.78 is 0. The van der Waals surface area contributed by atoms with Crippen LogP contribution < -0.4 is 5.11 Å². The summed E-state index contributed by atoms with van der Waals surface area (Å²) in [5, 5.41) is 26.4. The first-order valence-corrected chi connectivity index (χ1v) is 2.61. The lowest BCUT2D eigenvalue weighted by Crippen LogP contribution is -2.34. The van der Waals surface area contributed by atoms with Crippen LogP contribution in [0.25, 0.3) is 0 Å². The molecule has 10 heavy (non-hydrogen) atoms. The van der Waals surface area contributed by atoms with Crippen LogP contribution >= 0.6 is 0 Å². The van der Waals surface area contributed by atoms with E-state index in [2.05, 4.69) is 0 Å². The van der Waals surface area contributed by atoms with E-state index in [-0.39, 0.29) is 0 Å². The van der Waals surface area contributed by atoms with Crippen LogP contribution in [0.4, 0.5) is 0 Å². The lowest BCUT2D eigenvalue weighted by Gasteiger charge is -2.04. The van der Waals surface area contributed by atoms with Crippen molar-refractivity contribution in [3.63, 3.8) is 0 Å². The first-order valence-electron chi connectivity index (χ1n) is 2.61. The number of carbonyl (C=O) groups is 2. The van der Waals surface area contributed by atoms with E-state index in [4.69, 9.17) is 10.2 Å². The van der Waals surface area contributed by atoms with Crippen LogP contribution in [0.1, 0.15) is 6.42 Å². The van der Waals surface area contributed by atoms with Gasteiger partial charge >= 0.3 is 0 Å². The Bertz CT molecular complexity index is 141. The predicted molar refractivity (Wildman–Crippen MR) is 27.7 cm³/mol. The first-order chi connectivity index (χ1) is 4.57. The van der Waals surface area contributed by atoms with Gasteiger partial charge in [-0.2, -0.15) is 0 Å². The fraction of sp³-hybridized carbons (Fsp3) is 0.600. The summed E-state index contributed by atoms with van der Waals surface area (Å²) in [6.45, 7) is -0.626. The number of carbonyl (C=O) groups excluding carboxylic acids is 2. The quantitative estimate of drug-likeness (QED) is 0.414. The third-order valence-electron chi connectivity index (χ3n) is 0.859. The number of carboxylic acids is 1. The van der Waals surface area contributed by atoms with Gasteiger partial charge in [0.2, 0.25) is 0 Å². The van der Waals surface area contributed by atoms with E-state index in [0.717, 1.165) is 0 Å². The summed E-state index contributed by atoms with van der Waals surface area (Å²) >= 11 is 0. The smallest absolute Gasteiger partial charge is 0.180 e. The molecular weight excluding hydrogens is 140 g/mol. The molecule has 0 aromatic heterocycles. The molecule has 1 atom stereocenters. The largest absolute Gasteiger partial charge is 0.542 e. The van der Waals surface area contributed by atoms with Crippen LogP contribution in [0.15, 0.2) is 0 Å². The van der Waals surface area contributed by atoms with Crippen molar-refractivity contribution in [3.05, 3.63) is 0 Å². The minimum atomic E-state index is -1.84. The van der Waals surface area contributed by atoms with Gasteiger partial charge in [0, 0.05) is 6.42 Å². The lowest BCUT2D eigenvalue weighted by molar-refractivity contribution is -0.300. The Morgan fingerprint density at radius 1 is 1.50 bits per heavy atom. The van der Waals surface area contributed by atoms with E-state index in [0.29, 0.717) is 0 Å². The molecule has 2 N–H and O–H groups in total. The van der Waals surface area contributed by atoms with E-state index in [1.807, 2.05) is 0 Å². The average Bonchev–Trinajstić information content (AvgIpc) is 1.87. The van der Waals surface area contributed by atoms with Crippen LogP contribution in [0.3, 0.4) is 0 Å². The van der Waals surface area contributed by atoms with Crippen molar-refractivity contribution in [3.8, 4) is 0 Å². The summed E-state index contributed by atoms with van der Waals surface area (Å²) in [6.07, 6.45) is -1.90. The van der Waals surface area contributed by atoms with Crippen molar-refractivity contribution in [1.82, 2.24) is 0 Å². The van der Waals surface area contributed by atoms with Crippen LogP contribution in [0.2, 0.25) is 0 Å². The third kappa shape index (κ3) is 3.16. The zero-order chi connectivity index (χ0) is 8.15. The number of aliphatic hydroxyl groups excluding tert-OH is 2. The van der Waals surface area contributed by atoms with Gasteiger partial charge in [-0.1, -0.05) is 0 Å². The Kier molecular flexibility index (Phi) is 3.60. The molecule has 0 fully saturated rings. The number of rotatable bonds is 4. The molecule has 0 aromatic rings. The third-order valence-corrected chi connectivity index (χ3v) is 0.859. The van der Waals surface area contributed by atoms with Crippen molar-refractivity contribution < 1.29 is 24.9 Å². The molecule has 0 aliphatic rings. The topological polar surface area (TPSA) is 97.7 Å². The lowest BCUT2D eigenvalue weighted by atomic mass is 10.2. The van der Waals surface area contributed by atoms with Crippen molar-refractivity contribution in [2.75, 3.05) is 6.61 Å². The van der Waals surface area contributed by atoms with Gasteiger partial charge in [0.15, 0.2) is 5.78 Å². The molecule has 0 radical (unpaired) electrons. The number of hydrogen-bond donors (Lipinski definition) is 2. The fourth-order valence-electron chi connectivity index (χ4n) is 0.362. The maximum absolute atomic E-state index is 10.2. The molecule has 0 unspecified atom stereocenters. The predicted octanol–water partition coefficient (Wildman–Crippen LogP) is -2.95. The van der Waals surface area contributed by atoms with Gasteiger partial charge < -0.3 is 20.1 Å². The van der Waals surface area contributed by atoms with Crippen LogP contribution in [-0.2, 0) is 9.59 Å². The second-order valence-corrected chi connectivity index (χ2v) is 1.75. The van der Waals surface area contributed by atoms with Gasteiger partial charge in [-0.3, -0.25) is 4.79 Å². The van der Waals surface area contributed by atoms with Crippen LogP contribution in [0, 0.1) is 0 Å². The highest BCUT2D eigenvalue weighted by atomic mass is 16.4. The van der Waals surface area contributed by atoms with Gasteiger partial charge in [-0.15, -0.1) is 0 Å². The first kappa shape index (κ1) is 9.06.